The zero-order valence-electron chi connectivity index (χ0n) is 11.9. The number of rotatable bonds is 5. The van der Waals surface area contributed by atoms with Crippen molar-refractivity contribution in [3.8, 4) is 11.5 Å². The summed E-state index contributed by atoms with van der Waals surface area (Å²) >= 11 is 0. The third kappa shape index (κ3) is 3.62. The second-order valence-corrected chi connectivity index (χ2v) is 4.36. The van der Waals surface area contributed by atoms with Crippen molar-refractivity contribution in [2.45, 2.75) is 0 Å². The first-order valence-corrected chi connectivity index (χ1v) is 6.30. The molecule has 1 N–H and O–H groups in total. The van der Waals surface area contributed by atoms with E-state index < -0.39 is 16.9 Å². The predicted octanol–water partition coefficient (Wildman–Crippen LogP) is 2.87. The van der Waals surface area contributed by atoms with Crippen molar-refractivity contribution in [3.63, 3.8) is 0 Å². The van der Waals surface area contributed by atoms with Crippen LogP contribution in [0.25, 0.3) is 0 Å². The molecule has 0 atom stereocenters. The highest BCUT2D eigenvalue weighted by Gasteiger charge is 2.18. The molecular weight excluding hydrogens is 306 g/mol. The Bertz CT molecular complexity index is 768. The fraction of sp³-hybridized carbons (Fsp3) is 0.0667. The second kappa shape index (κ2) is 6.56. The van der Waals surface area contributed by atoms with E-state index in [1.165, 1.54) is 42.5 Å². The number of nitrogens with zero attached hydrogens (tertiary/aromatic N) is 1. The minimum atomic E-state index is -1.31. The monoisotopic (exact) mass is 317 g/mol. The number of nitro benzene ring substituents is 1. The van der Waals surface area contributed by atoms with Gasteiger partial charge in [-0.05, 0) is 30.3 Å². The number of nitro groups is 1. The first kappa shape index (κ1) is 16.0. The summed E-state index contributed by atoms with van der Waals surface area (Å²) in [7, 11) is 1.15. The maximum Gasteiger partial charge on any atom is 0.338 e. The van der Waals surface area contributed by atoms with E-state index in [2.05, 4.69) is 4.74 Å². The molecule has 0 saturated heterocycles. The van der Waals surface area contributed by atoms with Gasteiger partial charge in [0.25, 0.3) is 5.69 Å². The highest BCUT2D eigenvalue weighted by Crippen LogP contribution is 2.26. The van der Waals surface area contributed by atoms with Crippen molar-refractivity contribution in [2.24, 2.45) is 0 Å². The van der Waals surface area contributed by atoms with Crippen LogP contribution in [0.4, 0.5) is 5.69 Å². The molecule has 0 aliphatic heterocycles. The van der Waals surface area contributed by atoms with Crippen LogP contribution in [0.15, 0.2) is 42.5 Å². The summed E-state index contributed by atoms with van der Waals surface area (Å²) in [5.74, 6) is -1.62. The van der Waals surface area contributed by atoms with Gasteiger partial charge in [0.1, 0.15) is 11.5 Å². The van der Waals surface area contributed by atoms with Gasteiger partial charge in [-0.25, -0.2) is 9.59 Å². The molecule has 0 amide bonds. The van der Waals surface area contributed by atoms with Crippen molar-refractivity contribution in [2.75, 3.05) is 7.11 Å². The summed E-state index contributed by atoms with van der Waals surface area (Å²) in [6.07, 6.45) is 0. The van der Waals surface area contributed by atoms with Gasteiger partial charge in [0.15, 0.2) is 0 Å². The molecule has 0 saturated carbocycles. The predicted molar refractivity (Wildman–Crippen MR) is 77.9 cm³/mol. The smallest absolute Gasteiger partial charge is 0.338 e. The molecule has 2 aromatic rings. The van der Waals surface area contributed by atoms with Crippen LogP contribution in [0, 0.1) is 10.1 Å². The molecule has 0 fully saturated rings. The molecule has 23 heavy (non-hydrogen) atoms. The van der Waals surface area contributed by atoms with Gasteiger partial charge in [-0.1, -0.05) is 0 Å². The van der Waals surface area contributed by atoms with Crippen molar-refractivity contribution < 1.29 is 29.1 Å². The van der Waals surface area contributed by atoms with Crippen LogP contribution < -0.4 is 4.74 Å². The number of carbonyl (C=O) groups is 2. The number of hydrogen-bond donors (Lipinski definition) is 1. The zero-order chi connectivity index (χ0) is 17.0. The Morgan fingerprint density at radius 2 is 1.65 bits per heavy atom. The second-order valence-electron chi connectivity index (χ2n) is 4.36. The van der Waals surface area contributed by atoms with Crippen molar-refractivity contribution in [1.29, 1.82) is 0 Å². The number of carbonyl (C=O) groups excluding carboxylic acids is 1. The Kier molecular flexibility index (Phi) is 4.55. The third-order valence-electron chi connectivity index (χ3n) is 2.91. The van der Waals surface area contributed by atoms with Crippen LogP contribution in [-0.2, 0) is 4.74 Å². The maximum atomic E-state index is 11.5. The van der Waals surface area contributed by atoms with Gasteiger partial charge in [-0.3, -0.25) is 10.1 Å². The lowest BCUT2D eigenvalue weighted by Crippen LogP contribution is -2.10. The van der Waals surface area contributed by atoms with E-state index in [-0.39, 0.29) is 28.3 Å². The lowest BCUT2D eigenvalue weighted by Gasteiger charge is -2.09. The fourth-order valence-electron chi connectivity index (χ4n) is 1.82. The molecule has 0 spiro atoms. The van der Waals surface area contributed by atoms with Crippen molar-refractivity contribution in [3.05, 3.63) is 63.7 Å². The topological polar surface area (TPSA) is 116 Å². The molecule has 0 bridgehead atoms. The Balaban J connectivity index is 2.30. The summed E-state index contributed by atoms with van der Waals surface area (Å²) in [5.41, 5.74) is -0.461. The third-order valence-corrected chi connectivity index (χ3v) is 2.91. The number of hydrogen-bond acceptors (Lipinski definition) is 6. The number of benzene rings is 2. The summed E-state index contributed by atoms with van der Waals surface area (Å²) in [5, 5.41) is 19.7. The number of carboxylic acids is 1. The van der Waals surface area contributed by atoms with Gasteiger partial charge in [-0.15, -0.1) is 0 Å². The molecule has 0 aliphatic carbocycles. The zero-order valence-corrected chi connectivity index (χ0v) is 11.9. The van der Waals surface area contributed by atoms with Crippen LogP contribution >= 0.6 is 0 Å². The minimum Gasteiger partial charge on any atom is -0.478 e. The number of ether oxygens (including phenoxy) is 2. The van der Waals surface area contributed by atoms with Gasteiger partial charge >= 0.3 is 11.9 Å². The normalized spacial score (nSPS) is 9.96. The van der Waals surface area contributed by atoms with Crippen molar-refractivity contribution in [1.82, 2.24) is 0 Å². The van der Waals surface area contributed by atoms with Crippen LogP contribution in [0.1, 0.15) is 20.7 Å². The summed E-state index contributed by atoms with van der Waals surface area (Å²) in [6, 6.07) is 9.14. The lowest BCUT2D eigenvalue weighted by molar-refractivity contribution is -0.384. The van der Waals surface area contributed by atoms with Gasteiger partial charge in [0.2, 0.25) is 0 Å². The van der Waals surface area contributed by atoms with Gasteiger partial charge in [-0.2, -0.15) is 0 Å². The fourth-order valence-corrected chi connectivity index (χ4v) is 1.82. The first-order chi connectivity index (χ1) is 10.9. The van der Waals surface area contributed by atoms with E-state index in [9.17, 15) is 19.7 Å². The Morgan fingerprint density at radius 3 is 2.17 bits per heavy atom. The number of aromatic carboxylic acids is 1. The van der Waals surface area contributed by atoms with Gasteiger partial charge in [0, 0.05) is 12.1 Å². The van der Waals surface area contributed by atoms with E-state index in [4.69, 9.17) is 9.84 Å². The van der Waals surface area contributed by atoms with Gasteiger partial charge in [0.05, 0.1) is 23.2 Å². The first-order valence-electron chi connectivity index (χ1n) is 6.30. The van der Waals surface area contributed by atoms with Crippen LogP contribution in [0.3, 0.4) is 0 Å². The van der Waals surface area contributed by atoms with Crippen LogP contribution in [-0.4, -0.2) is 29.1 Å². The number of non-ortho nitro benzene ring substituents is 1. The SMILES string of the molecule is COC(=O)c1ccc(Oc2ccc([N+](=O)[O-])cc2)cc1C(=O)O. The van der Waals surface area contributed by atoms with Crippen LogP contribution in [0.2, 0.25) is 0 Å². The lowest BCUT2D eigenvalue weighted by atomic mass is 10.1. The highest BCUT2D eigenvalue weighted by molar-refractivity contribution is 6.02. The minimum absolute atomic E-state index is 0.0929. The molecule has 118 valence electrons. The Morgan fingerprint density at radius 1 is 1.04 bits per heavy atom. The Labute approximate surface area is 130 Å². The van der Waals surface area contributed by atoms with Gasteiger partial charge < -0.3 is 14.6 Å². The molecule has 2 rings (SSSR count). The summed E-state index contributed by atoms with van der Waals surface area (Å²) in [6.45, 7) is 0. The average Bonchev–Trinajstić information content (AvgIpc) is 2.54. The van der Waals surface area contributed by atoms with E-state index >= 15 is 0 Å². The summed E-state index contributed by atoms with van der Waals surface area (Å²) in [4.78, 5) is 32.8. The number of esters is 1. The summed E-state index contributed by atoms with van der Waals surface area (Å²) < 4.78 is 9.95. The maximum absolute atomic E-state index is 11.5. The molecule has 0 unspecified atom stereocenters. The van der Waals surface area contributed by atoms with E-state index in [0.717, 1.165) is 7.11 Å². The largest absolute Gasteiger partial charge is 0.478 e. The number of methoxy groups -OCH3 is 1. The average molecular weight is 317 g/mol. The van der Waals surface area contributed by atoms with E-state index in [0.29, 0.717) is 0 Å². The molecular formula is C15H11NO7. The molecule has 8 nitrogen and oxygen atoms in total. The molecule has 0 radical (unpaired) electrons. The molecule has 0 heterocycles. The number of carboxylic acid groups (broad SMARTS) is 1. The molecule has 2 aromatic carbocycles. The molecule has 0 aromatic heterocycles. The highest BCUT2D eigenvalue weighted by atomic mass is 16.6. The Hall–Kier alpha value is -3.42. The molecule has 0 aliphatic rings. The van der Waals surface area contributed by atoms with E-state index in [1.54, 1.807) is 0 Å². The standard InChI is InChI=1S/C15H11NO7/c1-22-15(19)12-7-6-11(8-13(12)14(17)18)23-10-4-2-9(3-5-10)16(20)21/h2-8H,1H3,(H,17,18). The van der Waals surface area contributed by atoms with Crippen LogP contribution in [0.5, 0.6) is 11.5 Å². The van der Waals surface area contributed by atoms with E-state index in [1.807, 2.05) is 0 Å². The van der Waals surface area contributed by atoms with Crippen molar-refractivity contribution >= 4 is 17.6 Å². The quantitative estimate of drug-likeness (QED) is 0.512. The molecule has 8 heteroatoms.